The van der Waals surface area contributed by atoms with Gasteiger partial charge in [-0.1, -0.05) is 17.7 Å². The van der Waals surface area contributed by atoms with Gasteiger partial charge < -0.3 is 5.11 Å². The van der Waals surface area contributed by atoms with Crippen LogP contribution < -0.4 is 5.06 Å². The average Bonchev–Trinajstić information content (AvgIpc) is 2.49. The number of para-hydroxylation sites is 1. The Kier molecular flexibility index (Phi) is 2.54. The quantitative estimate of drug-likeness (QED) is 0.791. The molecule has 14 heavy (non-hydrogen) atoms. The summed E-state index contributed by atoms with van der Waals surface area (Å²) in [6.07, 6.45) is 0. The van der Waals surface area contributed by atoms with Crippen molar-refractivity contribution in [2.45, 2.75) is 4.90 Å². The molecule has 0 amide bonds. The van der Waals surface area contributed by atoms with Crippen molar-refractivity contribution in [3.8, 4) is 0 Å². The predicted molar refractivity (Wildman–Crippen MR) is 53.4 cm³/mol. The third kappa shape index (κ3) is 1.66. The summed E-state index contributed by atoms with van der Waals surface area (Å²) in [4.78, 5) is 11.3. The van der Waals surface area contributed by atoms with Gasteiger partial charge in [0.2, 0.25) is 0 Å². The highest BCUT2D eigenvalue weighted by atomic mass is 35.5. The summed E-state index contributed by atoms with van der Waals surface area (Å²) in [5, 5.41) is 10.4. The zero-order valence-electron chi connectivity index (χ0n) is 6.94. The second-order valence-corrected chi connectivity index (χ2v) is 3.84. The van der Waals surface area contributed by atoms with E-state index in [1.165, 1.54) is 5.06 Å². The Balaban J connectivity index is 2.33. The number of benzene rings is 1. The minimum absolute atomic E-state index is 0.219. The fraction of sp³-hybridized carbons (Fsp3) is 0.125. The first-order valence-corrected chi connectivity index (χ1v) is 4.93. The van der Waals surface area contributed by atoms with Crippen molar-refractivity contribution >= 4 is 35.3 Å². The Morgan fingerprint density at radius 1 is 1.64 bits per heavy atom. The van der Waals surface area contributed by atoms with Gasteiger partial charge >= 0.3 is 5.97 Å². The van der Waals surface area contributed by atoms with E-state index in [9.17, 15) is 4.79 Å². The van der Waals surface area contributed by atoms with Gasteiger partial charge in [-0.15, -0.1) is 0 Å². The van der Waals surface area contributed by atoms with Crippen LogP contribution in [0.4, 0.5) is 5.69 Å². The molecule has 0 aromatic heterocycles. The lowest BCUT2D eigenvalue weighted by atomic mass is 10.3. The molecule has 1 aromatic carbocycles. The summed E-state index contributed by atoms with van der Waals surface area (Å²) < 4.78 is 5.10. The number of aliphatic carboxylic acids is 1. The monoisotopic (exact) mass is 231 g/mol. The van der Waals surface area contributed by atoms with E-state index in [1.54, 1.807) is 12.1 Å². The van der Waals surface area contributed by atoms with Crippen molar-refractivity contribution in [2.75, 3.05) is 11.6 Å². The van der Waals surface area contributed by atoms with Gasteiger partial charge in [0.1, 0.15) is 12.2 Å². The number of rotatable bonds is 2. The molecule has 2 rings (SSSR count). The van der Waals surface area contributed by atoms with Crippen LogP contribution in [0.25, 0.3) is 0 Å². The van der Waals surface area contributed by atoms with Crippen LogP contribution in [0.5, 0.6) is 0 Å². The number of fused-ring (bicyclic) bond motifs is 1. The van der Waals surface area contributed by atoms with Crippen LogP contribution in [-0.2, 0) is 9.08 Å². The van der Waals surface area contributed by atoms with Crippen molar-refractivity contribution in [1.82, 2.24) is 0 Å². The van der Waals surface area contributed by atoms with Crippen LogP contribution in [-0.4, -0.2) is 17.6 Å². The average molecular weight is 232 g/mol. The third-order valence-corrected chi connectivity index (χ3v) is 2.76. The number of hydroxylamine groups is 1. The summed E-state index contributed by atoms with van der Waals surface area (Å²) in [6, 6.07) is 5.32. The van der Waals surface area contributed by atoms with Gasteiger partial charge in [-0.25, -0.2) is 5.06 Å². The van der Waals surface area contributed by atoms with Crippen LogP contribution in [0.15, 0.2) is 23.1 Å². The Labute approximate surface area is 89.6 Å². The summed E-state index contributed by atoms with van der Waals surface area (Å²) in [5.41, 5.74) is 0.626. The number of carbonyl (C=O) groups is 1. The normalized spacial score (nSPS) is 14.2. The number of nitrogens with zero attached hydrogens (tertiary/aromatic N) is 1. The summed E-state index contributed by atoms with van der Waals surface area (Å²) in [5.74, 6) is -0.960. The molecule has 0 aliphatic carbocycles. The molecule has 0 fully saturated rings. The molecule has 0 bridgehead atoms. The molecule has 1 N–H and O–H groups in total. The molecular weight excluding hydrogens is 226 g/mol. The number of anilines is 1. The fourth-order valence-electron chi connectivity index (χ4n) is 1.16. The lowest BCUT2D eigenvalue weighted by Gasteiger charge is -2.13. The van der Waals surface area contributed by atoms with Crippen molar-refractivity contribution < 1.29 is 14.2 Å². The van der Waals surface area contributed by atoms with Crippen LogP contribution in [0.2, 0.25) is 5.02 Å². The Morgan fingerprint density at radius 3 is 3.14 bits per heavy atom. The maximum absolute atomic E-state index is 10.5. The largest absolute Gasteiger partial charge is 0.480 e. The highest BCUT2D eigenvalue weighted by Crippen LogP contribution is 2.43. The highest BCUT2D eigenvalue weighted by Gasteiger charge is 2.25. The topological polar surface area (TPSA) is 49.8 Å². The first-order chi connectivity index (χ1) is 6.68. The Hall–Kier alpha value is -0.910. The highest BCUT2D eigenvalue weighted by molar-refractivity contribution is 7.95. The molecular formula is C8H6ClNO3S. The predicted octanol–water partition coefficient (Wildman–Crippen LogP) is 2.18. The zero-order chi connectivity index (χ0) is 10.1. The maximum atomic E-state index is 10.5. The van der Waals surface area contributed by atoms with Gasteiger partial charge in [0.15, 0.2) is 0 Å². The molecule has 1 heterocycles. The SMILES string of the molecule is O=C(O)CN1OSc2cccc(Cl)c21. The second kappa shape index (κ2) is 3.68. The van der Waals surface area contributed by atoms with Gasteiger partial charge in [-0.3, -0.25) is 4.79 Å². The van der Waals surface area contributed by atoms with Crippen LogP contribution in [0.1, 0.15) is 0 Å². The van der Waals surface area contributed by atoms with E-state index >= 15 is 0 Å². The number of halogens is 1. The molecule has 0 saturated carbocycles. The number of hydrogen-bond acceptors (Lipinski definition) is 4. The minimum Gasteiger partial charge on any atom is -0.480 e. The molecule has 0 saturated heterocycles. The van der Waals surface area contributed by atoms with Crippen LogP contribution >= 0.6 is 23.6 Å². The summed E-state index contributed by atoms with van der Waals surface area (Å²) in [7, 11) is 0. The molecule has 0 spiro atoms. The maximum Gasteiger partial charge on any atom is 0.325 e. The van der Waals surface area contributed by atoms with Crippen LogP contribution in [0, 0.1) is 0 Å². The number of hydrogen-bond donors (Lipinski definition) is 1. The Morgan fingerprint density at radius 2 is 2.43 bits per heavy atom. The molecule has 0 atom stereocenters. The van der Waals surface area contributed by atoms with E-state index in [0.717, 1.165) is 16.9 Å². The molecule has 1 aromatic rings. The standard InChI is InChI=1S/C8H6ClNO3S/c9-5-2-1-3-6-8(5)10(13-14-6)4-7(11)12/h1-3H,4H2,(H,11,12). The van der Waals surface area contributed by atoms with E-state index in [4.69, 9.17) is 21.0 Å². The van der Waals surface area contributed by atoms with E-state index < -0.39 is 5.97 Å². The van der Waals surface area contributed by atoms with Crippen molar-refractivity contribution in [3.63, 3.8) is 0 Å². The first kappa shape index (κ1) is 9.64. The van der Waals surface area contributed by atoms with Gasteiger partial charge in [0, 0.05) is 0 Å². The number of carboxylic acids is 1. The molecule has 1 aliphatic rings. The van der Waals surface area contributed by atoms with Gasteiger partial charge in [0.05, 0.1) is 22.0 Å². The summed E-state index contributed by atoms with van der Waals surface area (Å²) >= 11 is 7.03. The van der Waals surface area contributed by atoms with E-state index in [1.807, 2.05) is 6.07 Å². The third-order valence-electron chi connectivity index (χ3n) is 1.70. The van der Waals surface area contributed by atoms with Crippen molar-refractivity contribution in [1.29, 1.82) is 0 Å². The molecule has 74 valence electrons. The molecule has 0 radical (unpaired) electrons. The lowest BCUT2D eigenvalue weighted by molar-refractivity contribution is -0.136. The van der Waals surface area contributed by atoms with E-state index in [-0.39, 0.29) is 6.54 Å². The smallest absolute Gasteiger partial charge is 0.325 e. The summed E-state index contributed by atoms with van der Waals surface area (Å²) in [6.45, 7) is -0.219. The fourth-order valence-corrected chi connectivity index (χ4v) is 2.20. The second-order valence-electron chi connectivity index (χ2n) is 2.67. The molecule has 0 unspecified atom stereocenters. The minimum atomic E-state index is -0.960. The van der Waals surface area contributed by atoms with E-state index in [0.29, 0.717) is 10.7 Å². The van der Waals surface area contributed by atoms with Crippen molar-refractivity contribution in [3.05, 3.63) is 23.2 Å². The lowest BCUT2D eigenvalue weighted by Crippen LogP contribution is -2.25. The molecule has 1 aliphatic heterocycles. The molecule has 4 nitrogen and oxygen atoms in total. The van der Waals surface area contributed by atoms with Gasteiger partial charge in [-0.05, 0) is 12.1 Å². The number of carboxylic acid groups (broad SMARTS) is 1. The molecule has 6 heteroatoms. The van der Waals surface area contributed by atoms with Crippen molar-refractivity contribution in [2.24, 2.45) is 0 Å². The Bertz CT molecular complexity index is 385. The van der Waals surface area contributed by atoms with Gasteiger partial charge in [-0.2, -0.15) is 4.28 Å². The van der Waals surface area contributed by atoms with Crippen LogP contribution in [0.3, 0.4) is 0 Å². The van der Waals surface area contributed by atoms with E-state index in [2.05, 4.69) is 0 Å². The zero-order valence-corrected chi connectivity index (χ0v) is 8.51. The first-order valence-electron chi connectivity index (χ1n) is 3.81. The van der Waals surface area contributed by atoms with Gasteiger partial charge in [0.25, 0.3) is 0 Å².